The summed E-state index contributed by atoms with van der Waals surface area (Å²) >= 11 is 1.57. The van der Waals surface area contributed by atoms with E-state index in [-0.39, 0.29) is 5.91 Å². The molecule has 0 aromatic heterocycles. The molecule has 0 spiro atoms. The SMILES string of the molecule is CCC1(O)CN(C(=O)c2ccccc2SC)C1. The molecule has 0 unspecified atom stereocenters. The Kier molecular flexibility index (Phi) is 3.45. The summed E-state index contributed by atoms with van der Waals surface area (Å²) in [5.41, 5.74) is 0.0717. The van der Waals surface area contributed by atoms with Crippen molar-refractivity contribution in [3.8, 4) is 0 Å². The third kappa shape index (κ3) is 2.33. The van der Waals surface area contributed by atoms with Crippen molar-refractivity contribution >= 4 is 17.7 Å². The van der Waals surface area contributed by atoms with E-state index in [1.807, 2.05) is 37.4 Å². The van der Waals surface area contributed by atoms with E-state index in [0.29, 0.717) is 19.5 Å². The molecular formula is C13H17NO2S. The second kappa shape index (κ2) is 4.70. The Balaban J connectivity index is 2.12. The highest BCUT2D eigenvalue weighted by Gasteiger charge is 2.42. The third-order valence-corrected chi connectivity index (χ3v) is 4.05. The minimum absolute atomic E-state index is 0.0214. The number of likely N-dealkylation sites (tertiary alicyclic amines) is 1. The molecule has 92 valence electrons. The summed E-state index contributed by atoms with van der Waals surface area (Å²) in [4.78, 5) is 14.9. The van der Waals surface area contributed by atoms with Crippen LogP contribution in [0.25, 0.3) is 0 Å². The van der Waals surface area contributed by atoms with E-state index in [4.69, 9.17) is 0 Å². The Hall–Kier alpha value is -1.00. The van der Waals surface area contributed by atoms with Gasteiger partial charge in [-0.25, -0.2) is 0 Å². The Bertz CT molecular complexity index is 427. The second-order valence-corrected chi connectivity index (χ2v) is 5.29. The van der Waals surface area contributed by atoms with Crippen LogP contribution in [0.4, 0.5) is 0 Å². The molecule has 1 fully saturated rings. The van der Waals surface area contributed by atoms with Gasteiger partial charge in [0.05, 0.1) is 24.3 Å². The molecule has 0 atom stereocenters. The Labute approximate surface area is 106 Å². The molecule has 0 saturated carbocycles. The van der Waals surface area contributed by atoms with Crippen LogP contribution in [-0.4, -0.2) is 40.9 Å². The van der Waals surface area contributed by atoms with Gasteiger partial charge in [-0.3, -0.25) is 4.79 Å². The number of amides is 1. The summed E-state index contributed by atoms with van der Waals surface area (Å²) in [6.07, 6.45) is 2.66. The molecule has 1 aliphatic heterocycles. The van der Waals surface area contributed by atoms with Gasteiger partial charge in [0, 0.05) is 4.90 Å². The molecule has 1 saturated heterocycles. The average molecular weight is 251 g/mol. The van der Waals surface area contributed by atoms with E-state index in [2.05, 4.69) is 0 Å². The van der Waals surface area contributed by atoms with Crippen molar-refractivity contribution in [3.63, 3.8) is 0 Å². The van der Waals surface area contributed by atoms with Crippen LogP contribution in [0.3, 0.4) is 0 Å². The van der Waals surface area contributed by atoms with Crippen LogP contribution in [0.1, 0.15) is 23.7 Å². The highest BCUT2D eigenvalue weighted by molar-refractivity contribution is 7.98. The van der Waals surface area contributed by atoms with Crippen LogP contribution >= 0.6 is 11.8 Å². The molecule has 1 heterocycles. The highest BCUT2D eigenvalue weighted by atomic mass is 32.2. The summed E-state index contributed by atoms with van der Waals surface area (Å²) < 4.78 is 0. The van der Waals surface area contributed by atoms with Gasteiger partial charge in [-0.2, -0.15) is 0 Å². The molecule has 1 N–H and O–H groups in total. The van der Waals surface area contributed by atoms with Crippen molar-refractivity contribution in [1.82, 2.24) is 4.90 Å². The lowest BCUT2D eigenvalue weighted by atomic mass is 9.90. The fourth-order valence-electron chi connectivity index (χ4n) is 2.02. The molecule has 0 bridgehead atoms. The summed E-state index contributed by atoms with van der Waals surface area (Å²) in [6.45, 7) is 2.84. The van der Waals surface area contributed by atoms with Gasteiger partial charge in [0.1, 0.15) is 0 Å². The first-order valence-corrected chi connectivity index (χ1v) is 6.97. The predicted molar refractivity (Wildman–Crippen MR) is 69.4 cm³/mol. The van der Waals surface area contributed by atoms with Gasteiger partial charge in [0.15, 0.2) is 0 Å². The number of carbonyl (C=O) groups excluding carboxylic acids is 1. The van der Waals surface area contributed by atoms with Crippen LogP contribution in [0.5, 0.6) is 0 Å². The lowest BCUT2D eigenvalue weighted by Gasteiger charge is -2.46. The fourth-order valence-corrected chi connectivity index (χ4v) is 2.61. The first-order chi connectivity index (χ1) is 8.09. The van der Waals surface area contributed by atoms with Crippen molar-refractivity contribution in [1.29, 1.82) is 0 Å². The fraction of sp³-hybridized carbons (Fsp3) is 0.462. The average Bonchev–Trinajstić information content (AvgIpc) is 2.34. The van der Waals surface area contributed by atoms with Crippen LogP contribution < -0.4 is 0 Å². The van der Waals surface area contributed by atoms with Crippen LogP contribution in [0, 0.1) is 0 Å². The zero-order chi connectivity index (χ0) is 12.5. The van der Waals surface area contributed by atoms with Crippen molar-refractivity contribution in [3.05, 3.63) is 29.8 Å². The molecule has 1 aromatic carbocycles. The van der Waals surface area contributed by atoms with E-state index in [1.165, 1.54) is 0 Å². The largest absolute Gasteiger partial charge is 0.386 e. The quantitative estimate of drug-likeness (QED) is 0.835. The molecule has 2 rings (SSSR count). The Morgan fingerprint density at radius 2 is 2.12 bits per heavy atom. The predicted octanol–water partition coefficient (Wildman–Crippen LogP) is 2.01. The van der Waals surface area contributed by atoms with Gasteiger partial charge < -0.3 is 10.0 Å². The molecule has 3 nitrogen and oxygen atoms in total. The van der Waals surface area contributed by atoms with Crippen molar-refractivity contribution in [2.75, 3.05) is 19.3 Å². The number of nitrogens with zero attached hydrogens (tertiary/aromatic N) is 1. The maximum absolute atomic E-state index is 12.2. The molecule has 4 heteroatoms. The Morgan fingerprint density at radius 3 is 2.71 bits per heavy atom. The number of aliphatic hydroxyl groups is 1. The maximum atomic E-state index is 12.2. The number of hydrogen-bond acceptors (Lipinski definition) is 3. The Morgan fingerprint density at radius 1 is 1.47 bits per heavy atom. The monoisotopic (exact) mass is 251 g/mol. The van der Waals surface area contributed by atoms with Crippen LogP contribution in [0.15, 0.2) is 29.2 Å². The molecule has 1 aliphatic rings. The zero-order valence-electron chi connectivity index (χ0n) is 10.1. The van der Waals surface area contributed by atoms with Gasteiger partial charge in [-0.05, 0) is 24.8 Å². The maximum Gasteiger partial charge on any atom is 0.255 e. The van der Waals surface area contributed by atoms with Gasteiger partial charge in [-0.15, -0.1) is 11.8 Å². The topological polar surface area (TPSA) is 40.5 Å². The minimum Gasteiger partial charge on any atom is -0.386 e. The van der Waals surface area contributed by atoms with E-state index in [9.17, 15) is 9.90 Å². The van der Waals surface area contributed by atoms with E-state index in [0.717, 1.165) is 10.5 Å². The van der Waals surface area contributed by atoms with Crippen molar-refractivity contribution in [2.24, 2.45) is 0 Å². The van der Waals surface area contributed by atoms with Gasteiger partial charge >= 0.3 is 0 Å². The number of hydrogen-bond donors (Lipinski definition) is 1. The molecule has 1 amide bonds. The molecule has 0 radical (unpaired) electrons. The zero-order valence-corrected chi connectivity index (χ0v) is 11.0. The third-order valence-electron chi connectivity index (χ3n) is 3.25. The van der Waals surface area contributed by atoms with E-state index >= 15 is 0 Å². The number of carbonyl (C=O) groups is 1. The lowest BCUT2D eigenvalue weighted by molar-refractivity contribution is -0.0827. The summed E-state index contributed by atoms with van der Waals surface area (Å²) in [7, 11) is 0. The number of β-amino-alcohol motifs (C(OH)–C–C–N with tert-alkyl or cyclic N) is 1. The highest BCUT2D eigenvalue weighted by Crippen LogP contribution is 2.28. The van der Waals surface area contributed by atoms with Gasteiger partial charge in [-0.1, -0.05) is 19.1 Å². The summed E-state index contributed by atoms with van der Waals surface area (Å²) in [5, 5.41) is 9.91. The van der Waals surface area contributed by atoms with E-state index < -0.39 is 5.60 Å². The van der Waals surface area contributed by atoms with Gasteiger partial charge in [0.2, 0.25) is 0 Å². The molecule has 17 heavy (non-hydrogen) atoms. The molecular weight excluding hydrogens is 234 g/mol. The van der Waals surface area contributed by atoms with Crippen molar-refractivity contribution in [2.45, 2.75) is 23.8 Å². The smallest absolute Gasteiger partial charge is 0.255 e. The molecule has 0 aliphatic carbocycles. The normalized spacial score (nSPS) is 17.7. The second-order valence-electron chi connectivity index (χ2n) is 4.44. The van der Waals surface area contributed by atoms with E-state index in [1.54, 1.807) is 16.7 Å². The first kappa shape index (κ1) is 12.5. The number of benzene rings is 1. The van der Waals surface area contributed by atoms with Crippen LogP contribution in [0.2, 0.25) is 0 Å². The van der Waals surface area contributed by atoms with Crippen molar-refractivity contribution < 1.29 is 9.90 Å². The standard InChI is InChI=1S/C13H17NO2S/c1-3-13(16)8-14(9-13)12(15)10-6-4-5-7-11(10)17-2/h4-7,16H,3,8-9H2,1-2H3. The van der Waals surface area contributed by atoms with Crippen LogP contribution in [-0.2, 0) is 0 Å². The first-order valence-electron chi connectivity index (χ1n) is 5.74. The lowest BCUT2D eigenvalue weighted by Crippen LogP contribution is -2.63. The summed E-state index contributed by atoms with van der Waals surface area (Å²) in [6, 6.07) is 7.60. The summed E-state index contributed by atoms with van der Waals surface area (Å²) in [5.74, 6) is 0.0214. The number of thioether (sulfide) groups is 1. The number of rotatable bonds is 3. The molecule has 1 aromatic rings. The minimum atomic E-state index is -0.663. The van der Waals surface area contributed by atoms with Gasteiger partial charge in [0.25, 0.3) is 5.91 Å².